The summed E-state index contributed by atoms with van der Waals surface area (Å²) < 4.78 is 2.06. The number of aromatic nitrogens is 1. The molecule has 106 valence electrons. The quantitative estimate of drug-likeness (QED) is 0.771. The molecule has 3 nitrogen and oxygen atoms in total. The van der Waals surface area contributed by atoms with Crippen molar-refractivity contribution >= 4 is 5.91 Å². The molecule has 0 fully saturated rings. The van der Waals surface area contributed by atoms with Gasteiger partial charge in [0.25, 0.3) is 0 Å². The van der Waals surface area contributed by atoms with Crippen molar-refractivity contribution in [1.29, 1.82) is 0 Å². The van der Waals surface area contributed by atoms with Crippen molar-refractivity contribution in [3.63, 3.8) is 0 Å². The third-order valence-corrected chi connectivity index (χ3v) is 3.47. The van der Waals surface area contributed by atoms with Crippen LogP contribution in [0, 0.1) is 0 Å². The fourth-order valence-corrected chi connectivity index (χ4v) is 2.25. The van der Waals surface area contributed by atoms with Gasteiger partial charge in [0.1, 0.15) is 0 Å². The van der Waals surface area contributed by atoms with Gasteiger partial charge < -0.3 is 9.88 Å². The van der Waals surface area contributed by atoms with Crippen molar-refractivity contribution < 1.29 is 4.79 Å². The molecular weight excluding hydrogens is 248 g/mol. The Bertz CT molecular complexity index is 531. The first-order valence-electron chi connectivity index (χ1n) is 7.16. The van der Waals surface area contributed by atoms with Crippen LogP contribution >= 0.6 is 0 Å². The van der Waals surface area contributed by atoms with Crippen LogP contribution in [-0.4, -0.2) is 17.0 Å². The van der Waals surface area contributed by atoms with E-state index in [9.17, 15) is 4.79 Å². The SMILES string of the molecule is Cn1cccc1CCC(=O)NCCCc1ccccc1. The third-order valence-electron chi connectivity index (χ3n) is 3.47. The zero-order chi connectivity index (χ0) is 14.2. The van der Waals surface area contributed by atoms with Crippen molar-refractivity contribution in [1.82, 2.24) is 9.88 Å². The number of carbonyl (C=O) groups is 1. The van der Waals surface area contributed by atoms with Crippen LogP contribution in [0.25, 0.3) is 0 Å². The van der Waals surface area contributed by atoms with Gasteiger partial charge in [-0.15, -0.1) is 0 Å². The number of hydrogen-bond acceptors (Lipinski definition) is 1. The molecule has 0 saturated heterocycles. The molecule has 1 N–H and O–H groups in total. The number of amides is 1. The van der Waals surface area contributed by atoms with Crippen molar-refractivity contribution in [3.8, 4) is 0 Å². The highest BCUT2D eigenvalue weighted by atomic mass is 16.1. The van der Waals surface area contributed by atoms with Gasteiger partial charge in [-0.1, -0.05) is 30.3 Å². The molecule has 1 amide bonds. The number of benzene rings is 1. The van der Waals surface area contributed by atoms with Crippen LogP contribution in [0.2, 0.25) is 0 Å². The Hall–Kier alpha value is -2.03. The summed E-state index contributed by atoms with van der Waals surface area (Å²) in [7, 11) is 2.01. The number of hydrogen-bond donors (Lipinski definition) is 1. The van der Waals surface area contributed by atoms with Crippen molar-refractivity contribution in [3.05, 3.63) is 59.9 Å². The van der Waals surface area contributed by atoms with E-state index in [2.05, 4.69) is 28.1 Å². The lowest BCUT2D eigenvalue weighted by Crippen LogP contribution is -2.25. The van der Waals surface area contributed by atoms with Gasteiger partial charge in [0.2, 0.25) is 5.91 Å². The average molecular weight is 270 g/mol. The van der Waals surface area contributed by atoms with E-state index >= 15 is 0 Å². The summed E-state index contributed by atoms with van der Waals surface area (Å²) in [6, 6.07) is 14.4. The van der Waals surface area contributed by atoms with E-state index < -0.39 is 0 Å². The molecule has 0 radical (unpaired) electrons. The highest BCUT2D eigenvalue weighted by Crippen LogP contribution is 2.04. The van der Waals surface area contributed by atoms with E-state index in [1.807, 2.05) is 37.5 Å². The molecule has 0 aliphatic carbocycles. The third kappa shape index (κ3) is 4.57. The Morgan fingerprint density at radius 1 is 1.10 bits per heavy atom. The van der Waals surface area contributed by atoms with Gasteiger partial charge >= 0.3 is 0 Å². The van der Waals surface area contributed by atoms with Crippen LogP contribution in [-0.2, 0) is 24.7 Å². The molecule has 0 saturated carbocycles. The van der Waals surface area contributed by atoms with E-state index in [-0.39, 0.29) is 5.91 Å². The normalized spacial score (nSPS) is 10.4. The smallest absolute Gasteiger partial charge is 0.220 e. The van der Waals surface area contributed by atoms with Gasteiger partial charge in [-0.2, -0.15) is 0 Å². The van der Waals surface area contributed by atoms with Gasteiger partial charge in [0.05, 0.1) is 0 Å². The molecule has 3 heteroatoms. The minimum absolute atomic E-state index is 0.138. The standard InChI is InChI=1S/C17H22N2O/c1-19-14-6-10-16(19)11-12-17(20)18-13-5-9-15-7-3-2-4-8-15/h2-4,6-8,10,14H,5,9,11-13H2,1H3,(H,18,20). The Labute approximate surface area is 120 Å². The minimum atomic E-state index is 0.138. The maximum absolute atomic E-state index is 11.7. The first kappa shape index (κ1) is 14.4. The van der Waals surface area contributed by atoms with Crippen LogP contribution in [0.15, 0.2) is 48.7 Å². The number of aryl methyl sites for hydroxylation is 3. The summed E-state index contributed by atoms with van der Waals surface area (Å²) >= 11 is 0. The second-order valence-electron chi connectivity index (χ2n) is 5.05. The van der Waals surface area contributed by atoms with Gasteiger partial charge in [0, 0.05) is 31.9 Å². The first-order valence-corrected chi connectivity index (χ1v) is 7.16. The minimum Gasteiger partial charge on any atom is -0.356 e. The highest BCUT2D eigenvalue weighted by molar-refractivity contribution is 5.76. The Balaban J connectivity index is 1.60. The molecule has 0 aliphatic rings. The second-order valence-corrected chi connectivity index (χ2v) is 5.05. The van der Waals surface area contributed by atoms with E-state index in [1.165, 1.54) is 11.3 Å². The number of nitrogens with one attached hydrogen (secondary N) is 1. The molecule has 0 atom stereocenters. The fraction of sp³-hybridized carbons (Fsp3) is 0.353. The highest BCUT2D eigenvalue weighted by Gasteiger charge is 2.03. The van der Waals surface area contributed by atoms with Gasteiger partial charge in [0.15, 0.2) is 0 Å². The number of rotatable bonds is 7. The topological polar surface area (TPSA) is 34.0 Å². The molecule has 2 aromatic rings. The van der Waals surface area contributed by atoms with Gasteiger partial charge in [-0.05, 0) is 37.0 Å². The van der Waals surface area contributed by atoms with Crippen molar-refractivity contribution in [2.45, 2.75) is 25.7 Å². The van der Waals surface area contributed by atoms with Crippen LogP contribution in [0.1, 0.15) is 24.1 Å². The first-order chi connectivity index (χ1) is 9.75. The lowest BCUT2D eigenvalue weighted by Gasteiger charge is -2.06. The molecule has 0 aliphatic heterocycles. The largest absolute Gasteiger partial charge is 0.356 e. The summed E-state index contributed by atoms with van der Waals surface area (Å²) in [4.78, 5) is 11.7. The maximum atomic E-state index is 11.7. The number of carbonyl (C=O) groups excluding carboxylic acids is 1. The number of nitrogens with zero attached hydrogens (tertiary/aromatic N) is 1. The molecule has 0 spiro atoms. The van der Waals surface area contributed by atoms with Crippen LogP contribution < -0.4 is 5.32 Å². The van der Waals surface area contributed by atoms with Crippen LogP contribution in [0.4, 0.5) is 0 Å². The Morgan fingerprint density at radius 3 is 2.60 bits per heavy atom. The molecule has 1 heterocycles. The summed E-state index contributed by atoms with van der Waals surface area (Å²) in [5, 5.41) is 2.99. The predicted octanol–water partition coefficient (Wildman–Crippen LogP) is 2.71. The Kier molecular flexibility index (Phi) is 5.42. The van der Waals surface area contributed by atoms with Crippen LogP contribution in [0.3, 0.4) is 0 Å². The van der Waals surface area contributed by atoms with E-state index in [1.54, 1.807) is 0 Å². The summed E-state index contributed by atoms with van der Waals surface area (Å²) in [6.45, 7) is 0.751. The van der Waals surface area contributed by atoms with Crippen molar-refractivity contribution in [2.24, 2.45) is 7.05 Å². The zero-order valence-electron chi connectivity index (χ0n) is 12.0. The van der Waals surface area contributed by atoms with Crippen molar-refractivity contribution in [2.75, 3.05) is 6.54 Å². The van der Waals surface area contributed by atoms with Gasteiger partial charge in [-0.25, -0.2) is 0 Å². The second kappa shape index (κ2) is 7.53. The summed E-state index contributed by atoms with van der Waals surface area (Å²) in [5.41, 5.74) is 2.52. The molecule has 1 aromatic heterocycles. The zero-order valence-corrected chi connectivity index (χ0v) is 12.0. The molecule has 0 unspecified atom stereocenters. The van der Waals surface area contributed by atoms with E-state index in [4.69, 9.17) is 0 Å². The lowest BCUT2D eigenvalue weighted by atomic mass is 10.1. The van der Waals surface area contributed by atoms with E-state index in [0.717, 1.165) is 25.8 Å². The monoisotopic (exact) mass is 270 g/mol. The Morgan fingerprint density at radius 2 is 1.90 bits per heavy atom. The average Bonchev–Trinajstić information content (AvgIpc) is 2.88. The lowest BCUT2D eigenvalue weighted by molar-refractivity contribution is -0.121. The van der Waals surface area contributed by atoms with Gasteiger partial charge in [-0.3, -0.25) is 4.79 Å². The fourth-order valence-electron chi connectivity index (χ4n) is 2.25. The molecule has 2 rings (SSSR count). The maximum Gasteiger partial charge on any atom is 0.220 e. The molecular formula is C17H22N2O. The molecule has 0 bridgehead atoms. The van der Waals surface area contributed by atoms with Crippen LogP contribution in [0.5, 0.6) is 0 Å². The summed E-state index contributed by atoms with van der Waals surface area (Å²) in [6.07, 6.45) is 5.36. The van der Waals surface area contributed by atoms with E-state index in [0.29, 0.717) is 6.42 Å². The molecule has 1 aromatic carbocycles. The predicted molar refractivity (Wildman–Crippen MR) is 81.5 cm³/mol. The molecule has 20 heavy (non-hydrogen) atoms. The summed E-state index contributed by atoms with van der Waals surface area (Å²) in [5.74, 6) is 0.138.